The van der Waals surface area contributed by atoms with E-state index in [9.17, 15) is 13.2 Å². The molecule has 2 nitrogen and oxygen atoms in total. The third kappa shape index (κ3) is 3.82. The van der Waals surface area contributed by atoms with Gasteiger partial charge in [-0.25, -0.2) is 4.39 Å². The molecule has 6 heteroatoms. The number of benzene rings is 2. The molecule has 2 rings (SSSR count). The highest BCUT2D eigenvalue weighted by molar-refractivity contribution is 6.22. The molecule has 0 aliphatic rings. The van der Waals surface area contributed by atoms with Gasteiger partial charge in [0.2, 0.25) is 0 Å². The van der Waals surface area contributed by atoms with Gasteiger partial charge in [0.05, 0.1) is 12.5 Å². The van der Waals surface area contributed by atoms with Crippen LogP contribution in [0.25, 0.3) is 0 Å². The molecule has 112 valence electrons. The second-order valence-electron chi connectivity index (χ2n) is 4.20. The van der Waals surface area contributed by atoms with Crippen LogP contribution in [0.1, 0.15) is 16.5 Å². The Labute approximate surface area is 125 Å². The van der Waals surface area contributed by atoms with Gasteiger partial charge in [-0.1, -0.05) is 12.1 Å². The molecule has 21 heavy (non-hydrogen) atoms. The standard InChI is InChI=1S/C15H12ClF3O2/c1-20-13-7-4-10(17)8-12(13)14(16)9-2-5-11(6-3-9)21-15(18)19/h2-8,14-15H,1H3. The predicted molar refractivity (Wildman–Crippen MR) is 73.7 cm³/mol. The number of rotatable bonds is 5. The van der Waals surface area contributed by atoms with E-state index in [1.165, 1.54) is 37.4 Å². The lowest BCUT2D eigenvalue weighted by molar-refractivity contribution is -0.0498. The van der Waals surface area contributed by atoms with E-state index in [-0.39, 0.29) is 5.75 Å². The van der Waals surface area contributed by atoms with Gasteiger partial charge in [-0.2, -0.15) is 8.78 Å². The molecule has 0 aromatic heterocycles. The second kappa shape index (κ2) is 6.72. The number of hydrogen-bond acceptors (Lipinski definition) is 2. The lowest BCUT2D eigenvalue weighted by atomic mass is 10.0. The third-order valence-corrected chi connectivity index (χ3v) is 3.35. The fraction of sp³-hybridized carbons (Fsp3) is 0.200. The minimum absolute atomic E-state index is 0.0313. The van der Waals surface area contributed by atoms with E-state index in [1.54, 1.807) is 12.1 Å². The van der Waals surface area contributed by atoms with Gasteiger partial charge in [-0.15, -0.1) is 11.6 Å². The van der Waals surface area contributed by atoms with Gasteiger partial charge in [0.15, 0.2) is 0 Å². The summed E-state index contributed by atoms with van der Waals surface area (Å²) in [5, 5.41) is -0.670. The highest BCUT2D eigenvalue weighted by Gasteiger charge is 2.17. The third-order valence-electron chi connectivity index (χ3n) is 2.86. The van der Waals surface area contributed by atoms with Crippen LogP contribution in [0.3, 0.4) is 0 Å². The summed E-state index contributed by atoms with van der Waals surface area (Å²) in [5.74, 6) is 0.0437. The van der Waals surface area contributed by atoms with E-state index in [0.29, 0.717) is 16.9 Å². The van der Waals surface area contributed by atoms with Crippen LogP contribution < -0.4 is 9.47 Å². The summed E-state index contributed by atoms with van der Waals surface area (Å²) in [6.45, 7) is -2.88. The topological polar surface area (TPSA) is 18.5 Å². The maximum absolute atomic E-state index is 13.3. The summed E-state index contributed by atoms with van der Waals surface area (Å²) in [6, 6.07) is 9.87. The first-order valence-electron chi connectivity index (χ1n) is 6.03. The molecule has 0 saturated heterocycles. The first-order valence-corrected chi connectivity index (χ1v) is 6.47. The van der Waals surface area contributed by atoms with Crippen molar-refractivity contribution < 1.29 is 22.6 Å². The zero-order valence-electron chi connectivity index (χ0n) is 11.0. The lowest BCUT2D eigenvalue weighted by Gasteiger charge is -2.15. The summed E-state index contributed by atoms with van der Waals surface area (Å²) in [7, 11) is 1.46. The largest absolute Gasteiger partial charge is 0.496 e. The van der Waals surface area contributed by atoms with E-state index in [1.807, 2.05) is 0 Å². The summed E-state index contributed by atoms with van der Waals surface area (Å²) >= 11 is 6.31. The Morgan fingerprint density at radius 2 is 1.71 bits per heavy atom. The Bertz CT molecular complexity index is 602. The summed E-state index contributed by atoms with van der Waals surface area (Å²) in [6.07, 6.45) is 0. The monoisotopic (exact) mass is 316 g/mol. The SMILES string of the molecule is COc1ccc(F)cc1C(Cl)c1ccc(OC(F)F)cc1. The molecule has 1 unspecified atom stereocenters. The van der Waals surface area contributed by atoms with E-state index in [4.69, 9.17) is 16.3 Å². The van der Waals surface area contributed by atoms with Gasteiger partial charge in [-0.05, 0) is 35.9 Å². The number of ether oxygens (including phenoxy) is 2. The summed E-state index contributed by atoms with van der Waals surface area (Å²) < 4.78 is 46.9. The minimum atomic E-state index is -2.88. The molecule has 2 aromatic rings. The molecule has 2 aromatic carbocycles. The molecule has 0 N–H and O–H groups in total. The average Bonchev–Trinajstić information content (AvgIpc) is 2.46. The van der Waals surface area contributed by atoms with Crippen molar-refractivity contribution >= 4 is 11.6 Å². The fourth-order valence-electron chi connectivity index (χ4n) is 1.90. The molecule has 0 spiro atoms. The zero-order chi connectivity index (χ0) is 15.4. The molecule has 0 amide bonds. The van der Waals surface area contributed by atoms with Crippen molar-refractivity contribution in [1.82, 2.24) is 0 Å². The number of alkyl halides is 3. The van der Waals surface area contributed by atoms with Crippen LogP contribution >= 0.6 is 11.6 Å². The lowest BCUT2D eigenvalue weighted by Crippen LogP contribution is -2.02. The van der Waals surface area contributed by atoms with Gasteiger partial charge in [0.25, 0.3) is 0 Å². The van der Waals surface area contributed by atoms with Crippen molar-refractivity contribution in [2.45, 2.75) is 12.0 Å². The maximum Gasteiger partial charge on any atom is 0.387 e. The zero-order valence-corrected chi connectivity index (χ0v) is 11.8. The molecule has 0 aliphatic carbocycles. The van der Waals surface area contributed by atoms with E-state index < -0.39 is 17.8 Å². The van der Waals surface area contributed by atoms with E-state index in [2.05, 4.69) is 4.74 Å². The Morgan fingerprint density at radius 1 is 1.05 bits per heavy atom. The average molecular weight is 317 g/mol. The molecule has 0 bridgehead atoms. The van der Waals surface area contributed by atoms with Crippen molar-refractivity contribution in [2.75, 3.05) is 7.11 Å². The van der Waals surface area contributed by atoms with E-state index in [0.717, 1.165) is 0 Å². The van der Waals surface area contributed by atoms with Gasteiger partial charge in [0.1, 0.15) is 17.3 Å². The first-order chi connectivity index (χ1) is 10.0. The Morgan fingerprint density at radius 3 is 2.29 bits per heavy atom. The van der Waals surface area contributed by atoms with Crippen LogP contribution in [-0.2, 0) is 0 Å². The molecule has 0 heterocycles. The highest BCUT2D eigenvalue weighted by Crippen LogP contribution is 2.36. The molecule has 0 radical (unpaired) electrons. The molecular formula is C15H12ClF3O2. The van der Waals surface area contributed by atoms with Gasteiger partial charge in [-0.3, -0.25) is 0 Å². The molecule has 0 fully saturated rings. The molecule has 1 atom stereocenters. The highest BCUT2D eigenvalue weighted by atomic mass is 35.5. The van der Waals surface area contributed by atoms with Gasteiger partial charge >= 0.3 is 6.61 Å². The predicted octanol–water partition coefficient (Wildman–Crippen LogP) is 4.76. The Kier molecular flexibility index (Phi) is 4.96. The number of hydrogen-bond donors (Lipinski definition) is 0. The van der Waals surface area contributed by atoms with Crippen LogP contribution in [0.2, 0.25) is 0 Å². The van der Waals surface area contributed by atoms with Crippen molar-refractivity contribution in [3.8, 4) is 11.5 Å². The van der Waals surface area contributed by atoms with Crippen molar-refractivity contribution in [3.05, 3.63) is 59.4 Å². The summed E-state index contributed by atoms with van der Waals surface area (Å²) in [5.41, 5.74) is 1.07. The second-order valence-corrected chi connectivity index (χ2v) is 4.63. The Balaban J connectivity index is 2.27. The van der Waals surface area contributed by atoms with Crippen LogP contribution in [0.15, 0.2) is 42.5 Å². The van der Waals surface area contributed by atoms with Crippen molar-refractivity contribution in [2.24, 2.45) is 0 Å². The fourth-order valence-corrected chi connectivity index (χ4v) is 2.22. The smallest absolute Gasteiger partial charge is 0.387 e. The molecule has 0 saturated carbocycles. The van der Waals surface area contributed by atoms with Crippen LogP contribution in [0, 0.1) is 5.82 Å². The normalized spacial score (nSPS) is 12.3. The van der Waals surface area contributed by atoms with Gasteiger partial charge in [0, 0.05) is 5.56 Å². The quantitative estimate of drug-likeness (QED) is 0.740. The number of halogens is 4. The molecular weight excluding hydrogens is 305 g/mol. The molecule has 0 aliphatic heterocycles. The summed E-state index contributed by atoms with van der Waals surface area (Å²) in [4.78, 5) is 0. The van der Waals surface area contributed by atoms with Crippen molar-refractivity contribution in [1.29, 1.82) is 0 Å². The number of methoxy groups -OCH3 is 1. The minimum Gasteiger partial charge on any atom is -0.496 e. The maximum atomic E-state index is 13.3. The van der Waals surface area contributed by atoms with Gasteiger partial charge < -0.3 is 9.47 Å². The Hall–Kier alpha value is -1.88. The first kappa shape index (κ1) is 15.5. The van der Waals surface area contributed by atoms with E-state index >= 15 is 0 Å². The van der Waals surface area contributed by atoms with Crippen LogP contribution in [0.5, 0.6) is 11.5 Å². The van der Waals surface area contributed by atoms with Crippen LogP contribution in [-0.4, -0.2) is 13.7 Å². The van der Waals surface area contributed by atoms with Crippen molar-refractivity contribution in [3.63, 3.8) is 0 Å². The van der Waals surface area contributed by atoms with Crippen LogP contribution in [0.4, 0.5) is 13.2 Å².